The van der Waals surface area contributed by atoms with Crippen molar-refractivity contribution in [3.63, 3.8) is 0 Å². The summed E-state index contributed by atoms with van der Waals surface area (Å²) in [6.45, 7) is 1.98. The lowest BCUT2D eigenvalue weighted by atomic mass is 9.95. The van der Waals surface area contributed by atoms with E-state index < -0.39 is 0 Å². The molecule has 3 nitrogen and oxygen atoms in total. The fourth-order valence-corrected chi connectivity index (χ4v) is 1.91. The molecule has 0 aromatic carbocycles. The maximum Gasteiger partial charge on any atom is 0.136 e. The lowest BCUT2D eigenvalue weighted by molar-refractivity contribution is -0.120. The molecule has 0 saturated heterocycles. The third-order valence-electron chi connectivity index (χ3n) is 2.78. The highest BCUT2D eigenvalue weighted by molar-refractivity contribution is 5.83. The number of hydrogen-bond acceptors (Lipinski definition) is 3. The van der Waals surface area contributed by atoms with E-state index in [1.807, 2.05) is 6.92 Å². The number of aromatic nitrogens is 2. The van der Waals surface area contributed by atoms with E-state index in [9.17, 15) is 4.79 Å². The maximum atomic E-state index is 11.3. The summed E-state index contributed by atoms with van der Waals surface area (Å²) < 4.78 is 0. The number of carbonyl (C=O) groups is 1. The Hall–Kier alpha value is -1.25. The van der Waals surface area contributed by atoms with E-state index in [1.54, 1.807) is 18.6 Å². The molecule has 0 N–H and O–H groups in total. The van der Waals surface area contributed by atoms with Gasteiger partial charge in [-0.1, -0.05) is 6.92 Å². The molecule has 2 rings (SSSR count). The van der Waals surface area contributed by atoms with Crippen molar-refractivity contribution in [2.24, 2.45) is 5.92 Å². The summed E-state index contributed by atoms with van der Waals surface area (Å²) in [4.78, 5) is 19.6. The van der Waals surface area contributed by atoms with Crippen LogP contribution in [0.25, 0.3) is 0 Å². The Bertz CT molecular complexity index is 310. The van der Waals surface area contributed by atoms with Crippen molar-refractivity contribution in [2.75, 3.05) is 0 Å². The van der Waals surface area contributed by atoms with Crippen molar-refractivity contribution in [3.8, 4) is 0 Å². The minimum absolute atomic E-state index is 0.122. The normalized spacial score (nSPS) is 27.9. The first-order valence-corrected chi connectivity index (χ1v) is 4.57. The highest BCUT2D eigenvalue weighted by Crippen LogP contribution is 2.35. The molecular weight excluding hydrogens is 164 g/mol. The van der Waals surface area contributed by atoms with Crippen LogP contribution in [-0.4, -0.2) is 15.8 Å². The van der Waals surface area contributed by atoms with E-state index in [4.69, 9.17) is 0 Å². The number of carbonyl (C=O) groups excluding carboxylic acids is 1. The van der Waals surface area contributed by atoms with Crippen LogP contribution in [-0.2, 0) is 4.79 Å². The van der Waals surface area contributed by atoms with E-state index in [0.29, 0.717) is 18.1 Å². The Morgan fingerprint density at radius 3 is 2.85 bits per heavy atom. The molecule has 0 bridgehead atoms. The average molecular weight is 176 g/mol. The molecule has 13 heavy (non-hydrogen) atoms. The molecule has 1 heterocycles. The smallest absolute Gasteiger partial charge is 0.136 e. The van der Waals surface area contributed by atoms with Crippen molar-refractivity contribution in [1.82, 2.24) is 9.97 Å². The molecule has 1 aromatic rings. The predicted molar refractivity (Wildman–Crippen MR) is 48.2 cm³/mol. The van der Waals surface area contributed by atoms with Crippen LogP contribution in [0.2, 0.25) is 0 Å². The molecule has 2 atom stereocenters. The second kappa shape index (κ2) is 3.24. The fraction of sp³-hybridized carbons (Fsp3) is 0.500. The number of ketones is 1. The van der Waals surface area contributed by atoms with Crippen LogP contribution in [0.4, 0.5) is 0 Å². The Balaban J connectivity index is 2.24. The van der Waals surface area contributed by atoms with Crippen LogP contribution in [0.1, 0.15) is 31.4 Å². The number of rotatable bonds is 1. The number of Topliss-reactive ketones (excluding diaryl/α,β-unsaturated/α-hetero) is 1. The van der Waals surface area contributed by atoms with Crippen LogP contribution in [0.3, 0.4) is 0 Å². The molecule has 1 aromatic heterocycles. The molecule has 1 aliphatic rings. The zero-order valence-corrected chi connectivity index (χ0v) is 7.60. The summed E-state index contributed by atoms with van der Waals surface area (Å²) in [6, 6.07) is 0. The van der Waals surface area contributed by atoms with Crippen LogP contribution >= 0.6 is 0 Å². The zero-order chi connectivity index (χ0) is 9.26. The van der Waals surface area contributed by atoms with Gasteiger partial charge in [-0.2, -0.15) is 0 Å². The van der Waals surface area contributed by atoms with Gasteiger partial charge >= 0.3 is 0 Å². The summed E-state index contributed by atoms with van der Waals surface area (Å²) in [5, 5.41) is 0. The van der Waals surface area contributed by atoms with E-state index >= 15 is 0 Å². The zero-order valence-electron chi connectivity index (χ0n) is 7.60. The third-order valence-corrected chi connectivity index (χ3v) is 2.78. The van der Waals surface area contributed by atoms with Gasteiger partial charge in [0.1, 0.15) is 5.78 Å². The van der Waals surface area contributed by atoms with Crippen molar-refractivity contribution >= 4 is 5.78 Å². The second-order valence-corrected chi connectivity index (χ2v) is 3.53. The lowest BCUT2D eigenvalue weighted by Gasteiger charge is -2.11. The van der Waals surface area contributed by atoms with Crippen molar-refractivity contribution in [1.29, 1.82) is 0 Å². The molecule has 0 aliphatic heterocycles. The first-order valence-electron chi connectivity index (χ1n) is 4.57. The predicted octanol–water partition coefficient (Wildman–Crippen LogP) is 1.56. The average Bonchev–Trinajstić information content (AvgIpc) is 2.49. The van der Waals surface area contributed by atoms with Crippen LogP contribution < -0.4 is 0 Å². The van der Waals surface area contributed by atoms with Crippen LogP contribution in [0, 0.1) is 5.92 Å². The maximum absolute atomic E-state index is 11.3. The third kappa shape index (κ3) is 1.46. The molecular formula is C10H12N2O. The van der Waals surface area contributed by atoms with Gasteiger partial charge in [-0.25, -0.2) is 0 Å². The van der Waals surface area contributed by atoms with Crippen molar-refractivity contribution in [2.45, 2.75) is 25.7 Å². The summed E-state index contributed by atoms with van der Waals surface area (Å²) in [6.07, 6.45) is 6.73. The highest BCUT2D eigenvalue weighted by atomic mass is 16.1. The van der Waals surface area contributed by atoms with Crippen LogP contribution in [0.5, 0.6) is 0 Å². The topological polar surface area (TPSA) is 42.9 Å². The van der Waals surface area contributed by atoms with Gasteiger partial charge in [-0.15, -0.1) is 0 Å². The molecule has 2 unspecified atom stereocenters. The SMILES string of the molecule is CC1C(=O)CCC1c1cnccn1. The summed E-state index contributed by atoms with van der Waals surface area (Å²) in [5.41, 5.74) is 0.959. The van der Waals surface area contributed by atoms with E-state index in [-0.39, 0.29) is 5.92 Å². The van der Waals surface area contributed by atoms with Gasteiger partial charge in [0.15, 0.2) is 0 Å². The molecule has 0 amide bonds. The Kier molecular flexibility index (Phi) is 2.08. The summed E-state index contributed by atoms with van der Waals surface area (Å²) in [5.74, 6) is 0.772. The van der Waals surface area contributed by atoms with Crippen molar-refractivity contribution < 1.29 is 4.79 Å². The monoisotopic (exact) mass is 176 g/mol. The van der Waals surface area contributed by atoms with E-state index in [1.165, 1.54) is 0 Å². The standard InChI is InChI=1S/C10H12N2O/c1-7-8(2-3-10(7)13)9-6-11-4-5-12-9/h4-8H,2-3H2,1H3. The van der Waals surface area contributed by atoms with Gasteiger partial charge < -0.3 is 0 Å². The molecule has 0 spiro atoms. The van der Waals surface area contributed by atoms with E-state index in [0.717, 1.165) is 12.1 Å². The molecule has 1 saturated carbocycles. The van der Waals surface area contributed by atoms with Gasteiger partial charge in [0, 0.05) is 36.8 Å². The molecule has 0 radical (unpaired) electrons. The molecule has 1 aliphatic carbocycles. The van der Waals surface area contributed by atoms with Gasteiger partial charge in [0.05, 0.1) is 5.69 Å². The molecule has 1 fully saturated rings. The van der Waals surface area contributed by atoms with Gasteiger partial charge in [-0.05, 0) is 6.42 Å². The highest BCUT2D eigenvalue weighted by Gasteiger charge is 2.32. The Morgan fingerprint density at radius 1 is 1.46 bits per heavy atom. The van der Waals surface area contributed by atoms with Crippen LogP contribution in [0.15, 0.2) is 18.6 Å². The van der Waals surface area contributed by atoms with Gasteiger partial charge in [0.2, 0.25) is 0 Å². The summed E-state index contributed by atoms with van der Waals surface area (Å²) in [7, 11) is 0. The second-order valence-electron chi connectivity index (χ2n) is 3.53. The first-order chi connectivity index (χ1) is 6.29. The summed E-state index contributed by atoms with van der Waals surface area (Å²) >= 11 is 0. The Morgan fingerprint density at radius 2 is 2.31 bits per heavy atom. The van der Waals surface area contributed by atoms with Gasteiger partial charge in [0.25, 0.3) is 0 Å². The largest absolute Gasteiger partial charge is 0.299 e. The quantitative estimate of drug-likeness (QED) is 0.652. The minimum atomic E-state index is 0.122. The van der Waals surface area contributed by atoms with E-state index in [2.05, 4.69) is 9.97 Å². The number of nitrogens with zero attached hydrogens (tertiary/aromatic N) is 2. The first kappa shape index (κ1) is 8.35. The van der Waals surface area contributed by atoms with Crippen molar-refractivity contribution in [3.05, 3.63) is 24.3 Å². The molecule has 68 valence electrons. The Labute approximate surface area is 77.2 Å². The fourth-order valence-electron chi connectivity index (χ4n) is 1.91. The lowest BCUT2D eigenvalue weighted by Crippen LogP contribution is -2.10. The van der Waals surface area contributed by atoms with Gasteiger partial charge in [-0.3, -0.25) is 14.8 Å². The minimum Gasteiger partial charge on any atom is -0.299 e. The molecule has 3 heteroatoms. The number of hydrogen-bond donors (Lipinski definition) is 0.